The van der Waals surface area contributed by atoms with E-state index in [4.69, 9.17) is 0 Å². The van der Waals surface area contributed by atoms with Crippen molar-refractivity contribution < 1.29 is 13.6 Å². The SMILES string of the molecule is CCC(c1ccc(F)cc1)N(Cc1cccc(F)c1)C(=O)Cn1c(=O)cnc2ccccc21. The second-order valence-corrected chi connectivity index (χ2v) is 7.80. The Morgan fingerprint density at radius 3 is 2.48 bits per heavy atom. The molecule has 3 aromatic carbocycles. The molecule has 0 saturated carbocycles. The zero-order valence-electron chi connectivity index (χ0n) is 18.1. The summed E-state index contributed by atoms with van der Waals surface area (Å²) in [5, 5.41) is 0. The summed E-state index contributed by atoms with van der Waals surface area (Å²) in [6.07, 6.45) is 1.75. The molecule has 0 bridgehead atoms. The van der Waals surface area contributed by atoms with Crippen molar-refractivity contribution in [2.75, 3.05) is 0 Å². The van der Waals surface area contributed by atoms with Gasteiger partial charge in [0, 0.05) is 6.54 Å². The quantitative estimate of drug-likeness (QED) is 0.407. The van der Waals surface area contributed by atoms with Gasteiger partial charge in [0.2, 0.25) is 5.91 Å². The number of halogens is 2. The maximum Gasteiger partial charge on any atom is 0.269 e. The molecular formula is C26H23F2N3O2. The molecule has 5 nitrogen and oxygen atoms in total. The fraction of sp³-hybridized carbons (Fsp3) is 0.192. The Kier molecular flexibility index (Phi) is 6.58. The molecule has 0 aliphatic heterocycles. The Morgan fingerprint density at radius 2 is 1.76 bits per heavy atom. The van der Waals surface area contributed by atoms with E-state index in [0.29, 0.717) is 23.0 Å². The van der Waals surface area contributed by atoms with Crippen LogP contribution in [0.25, 0.3) is 11.0 Å². The molecular weight excluding hydrogens is 424 g/mol. The Morgan fingerprint density at radius 1 is 1.00 bits per heavy atom. The molecule has 0 fully saturated rings. The fourth-order valence-electron chi connectivity index (χ4n) is 4.03. The third-order valence-electron chi connectivity index (χ3n) is 5.63. The highest BCUT2D eigenvalue weighted by Crippen LogP contribution is 2.27. The second-order valence-electron chi connectivity index (χ2n) is 7.80. The van der Waals surface area contributed by atoms with E-state index in [-0.39, 0.29) is 36.4 Å². The third-order valence-corrected chi connectivity index (χ3v) is 5.63. The highest BCUT2D eigenvalue weighted by atomic mass is 19.1. The molecule has 1 atom stereocenters. The van der Waals surface area contributed by atoms with E-state index in [1.807, 2.05) is 13.0 Å². The molecule has 1 amide bonds. The summed E-state index contributed by atoms with van der Waals surface area (Å²) in [6, 6.07) is 18.8. The number of carbonyl (C=O) groups is 1. The predicted octanol–water partition coefficient (Wildman–Crippen LogP) is 4.85. The number of fused-ring (bicyclic) bond motifs is 1. The first kappa shape index (κ1) is 22.3. The Hall–Kier alpha value is -3.87. The maximum atomic E-state index is 13.8. The van der Waals surface area contributed by atoms with Crippen LogP contribution >= 0.6 is 0 Å². The molecule has 4 aromatic rings. The highest BCUT2D eigenvalue weighted by molar-refractivity contribution is 5.80. The van der Waals surface area contributed by atoms with Gasteiger partial charge in [-0.15, -0.1) is 0 Å². The number of para-hydroxylation sites is 2. The largest absolute Gasteiger partial charge is 0.330 e. The van der Waals surface area contributed by atoms with Crippen LogP contribution in [0.4, 0.5) is 8.78 Å². The van der Waals surface area contributed by atoms with Crippen molar-refractivity contribution in [2.24, 2.45) is 0 Å². The predicted molar refractivity (Wildman–Crippen MR) is 122 cm³/mol. The standard InChI is InChI=1S/C26H23F2N3O2/c1-2-23(19-10-12-20(27)13-11-19)30(16-18-6-5-7-21(28)14-18)26(33)17-31-24-9-4-3-8-22(24)29-15-25(31)32/h3-15,23H,2,16-17H2,1H3. The second kappa shape index (κ2) is 9.73. The van der Waals surface area contributed by atoms with Crippen LogP contribution < -0.4 is 5.56 Å². The molecule has 1 aromatic heterocycles. The summed E-state index contributed by atoms with van der Waals surface area (Å²) < 4.78 is 28.8. The van der Waals surface area contributed by atoms with Crippen molar-refractivity contribution in [3.05, 3.63) is 112 Å². The number of benzene rings is 3. The van der Waals surface area contributed by atoms with E-state index in [0.717, 1.165) is 5.56 Å². The van der Waals surface area contributed by atoms with Gasteiger partial charge in [-0.2, -0.15) is 0 Å². The highest BCUT2D eigenvalue weighted by Gasteiger charge is 2.25. The van der Waals surface area contributed by atoms with Crippen LogP contribution in [0.5, 0.6) is 0 Å². The number of rotatable bonds is 7. The van der Waals surface area contributed by atoms with Gasteiger partial charge in [0.25, 0.3) is 5.56 Å². The number of hydrogen-bond acceptors (Lipinski definition) is 3. The maximum absolute atomic E-state index is 13.8. The molecule has 0 N–H and O–H groups in total. The minimum Gasteiger partial charge on any atom is -0.330 e. The average Bonchev–Trinajstić information content (AvgIpc) is 2.82. The van der Waals surface area contributed by atoms with E-state index < -0.39 is 5.82 Å². The molecule has 0 saturated heterocycles. The summed E-state index contributed by atoms with van der Waals surface area (Å²) in [5.74, 6) is -1.08. The van der Waals surface area contributed by atoms with Gasteiger partial charge in [-0.1, -0.05) is 43.3 Å². The van der Waals surface area contributed by atoms with Crippen molar-refractivity contribution in [1.82, 2.24) is 14.5 Å². The first-order valence-corrected chi connectivity index (χ1v) is 10.7. The van der Waals surface area contributed by atoms with Gasteiger partial charge >= 0.3 is 0 Å². The summed E-state index contributed by atoms with van der Waals surface area (Å²) in [6.45, 7) is 1.87. The first-order valence-electron chi connectivity index (χ1n) is 10.7. The summed E-state index contributed by atoms with van der Waals surface area (Å²) in [4.78, 5) is 32.0. The zero-order chi connectivity index (χ0) is 23.4. The molecule has 168 valence electrons. The van der Waals surface area contributed by atoms with E-state index >= 15 is 0 Å². The van der Waals surface area contributed by atoms with Crippen LogP contribution in [0, 0.1) is 11.6 Å². The summed E-state index contributed by atoms with van der Waals surface area (Å²) >= 11 is 0. The smallest absolute Gasteiger partial charge is 0.269 e. The van der Waals surface area contributed by atoms with Crippen LogP contribution in [0.2, 0.25) is 0 Å². The molecule has 1 heterocycles. The number of hydrogen-bond donors (Lipinski definition) is 0. The first-order chi connectivity index (χ1) is 16.0. The molecule has 33 heavy (non-hydrogen) atoms. The van der Waals surface area contributed by atoms with Crippen molar-refractivity contribution in [1.29, 1.82) is 0 Å². The average molecular weight is 447 g/mol. The van der Waals surface area contributed by atoms with Gasteiger partial charge in [0.05, 0.1) is 23.3 Å². The Balaban J connectivity index is 1.74. The van der Waals surface area contributed by atoms with Gasteiger partial charge in [0.1, 0.15) is 18.2 Å². The topological polar surface area (TPSA) is 55.2 Å². The van der Waals surface area contributed by atoms with Gasteiger partial charge in [-0.25, -0.2) is 13.8 Å². The van der Waals surface area contributed by atoms with Gasteiger partial charge in [-0.3, -0.25) is 14.2 Å². The van der Waals surface area contributed by atoms with Crippen LogP contribution in [0.15, 0.2) is 83.8 Å². The number of amides is 1. The monoisotopic (exact) mass is 447 g/mol. The minimum absolute atomic E-state index is 0.143. The van der Waals surface area contributed by atoms with Crippen molar-refractivity contribution >= 4 is 16.9 Å². The van der Waals surface area contributed by atoms with Gasteiger partial charge in [0.15, 0.2) is 0 Å². The van der Waals surface area contributed by atoms with E-state index in [9.17, 15) is 18.4 Å². The van der Waals surface area contributed by atoms with Crippen LogP contribution in [0.3, 0.4) is 0 Å². The van der Waals surface area contributed by atoms with E-state index in [1.165, 1.54) is 35.0 Å². The summed E-state index contributed by atoms with van der Waals surface area (Å²) in [5.41, 5.74) is 2.15. The molecule has 0 aliphatic carbocycles. The number of nitrogens with zero attached hydrogens (tertiary/aromatic N) is 3. The lowest BCUT2D eigenvalue weighted by Gasteiger charge is -2.32. The van der Waals surface area contributed by atoms with E-state index in [1.54, 1.807) is 47.4 Å². The molecule has 0 radical (unpaired) electrons. The molecule has 1 unspecified atom stereocenters. The Labute approximate surface area is 189 Å². The normalized spacial score (nSPS) is 12.0. The molecule has 7 heteroatoms. The van der Waals surface area contributed by atoms with Crippen molar-refractivity contribution in [3.8, 4) is 0 Å². The van der Waals surface area contributed by atoms with Crippen LogP contribution in [0.1, 0.15) is 30.5 Å². The zero-order valence-corrected chi connectivity index (χ0v) is 18.1. The van der Waals surface area contributed by atoms with Crippen molar-refractivity contribution in [3.63, 3.8) is 0 Å². The lowest BCUT2D eigenvalue weighted by molar-refractivity contribution is -0.135. The lowest BCUT2D eigenvalue weighted by atomic mass is 10.0. The fourth-order valence-corrected chi connectivity index (χ4v) is 4.03. The van der Waals surface area contributed by atoms with E-state index in [2.05, 4.69) is 4.98 Å². The molecule has 4 rings (SSSR count). The molecule has 0 spiro atoms. The molecule has 0 aliphatic rings. The van der Waals surface area contributed by atoms with Crippen LogP contribution in [-0.4, -0.2) is 20.4 Å². The van der Waals surface area contributed by atoms with Gasteiger partial charge < -0.3 is 4.90 Å². The number of aromatic nitrogens is 2. The van der Waals surface area contributed by atoms with Crippen molar-refractivity contribution in [2.45, 2.75) is 32.5 Å². The minimum atomic E-state index is -0.397. The summed E-state index contributed by atoms with van der Waals surface area (Å²) in [7, 11) is 0. The Bertz CT molecular complexity index is 1340. The van der Waals surface area contributed by atoms with Gasteiger partial charge in [-0.05, 0) is 53.9 Å². The van der Waals surface area contributed by atoms with Crippen LogP contribution in [-0.2, 0) is 17.9 Å². The third kappa shape index (κ3) is 4.98. The number of carbonyl (C=O) groups excluding carboxylic acids is 1. The lowest BCUT2D eigenvalue weighted by Crippen LogP contribution is -2.38.